The molecule has 2 aliphatic rings. The third-order valence-corrected chi connectivity index (χ3v) is 7.97. The van der Waals surface area contributed by atoms with Gasteiger partial charge in [-0.1, -0.05) is 12.1 Å². The lowest BCUT2D eigenvalue weighted by Gasteiger charge is -2.44. The predicted molar refractivity (Wildman–Crippen MR) is 145 cm³/mol. The molecule has 2 aromatic carbocycles. The van der Waals surface area contributed by atoms with Crippen molar-refractivity contribution in [2.75, 3.05) is 26.2 Å². The first-order valence-electron chi connectivity index (χ1n) is 13.5. The zero-order valence-electron chi connectivity index (χ0n) is 22.3. The number of halogens is 1. The van der Waals surface area contributed by atoms with Crippen molar-refractivity contribution in [3.05, 3.63) is 70.7 Å². The van der Waals surface area contributed by atoms with E-state index < -0.39 is 11.7 Å². The molecule has 2 fully saturated rings. The van der Waals surface area contributed by atoms with E-state index in [1.807, 2.05) is 18.7 Å². The van der Waals surface area contributed by atoms with Crippen LogP contribution < -0.4 is 0 Å². The Morgan fingerprint density at radius 1 is 0.947 bits per heavy atom. The number of Topliss-reactive ketones (excluding diaryl/α,β-unsaturated/α-hetero) is 1. The van der Waals surface area contributed by atoms with Gasteiger partial charge in [0.2, 0.25) is 5.78 Å². The average Bonchev–Trinajstić information content (AvgIpc) is 3.25. The number of benzene rings is 2. The smallest absolute Gasteiger partial charge is 0.294 e. The Labute approximate surface area is 222 Å². The molecule has 5 rings (SSSR count). The fraction of sp³-hybridized carbons (Fsp3) is 0.433. The number of aromatic nitrogens is 1. The van der Waals surface area contributed by atoms with Crippen LogP contribution >= 0.6 is 0 Å². The monoisotopic (exact) mass is 518 g/mol. The van der Waals surface area contributed by atoms with E-state index in [2.05, 4.69) is 16.8 Å². The number of carbonyl (C=O) groups is 3. The summed E-state index contributed by atoms with van der Waals surface area (Å²) in [7, 11) is 0. The van der Waals surface area contributed by atoms with Gasteiger partial charge in [0.05, 0.1) is 5.56 Å². The molecule has 8 heteroatoms. The standard InChI is InChI=1S/C30H35FN4O3/c1-19-17-35(20(2)16-34(19)18-22-7-10-24(31)11-8-22)29(37)27-21(3)32-26-12-9-23(15-25(26)27)28(36)30(38)33-13-5-4-6-14-33/h7-12,15,19-20,32H,4-6,13-14,16-18H2,1-3H3. The number of H-pyrrole nitrogens is 1. The second-order valence-corrected chi connectivity index (χ2v) is 10.8. The van der Waals surface area contributed by atoms with Crippen LogP contribution in [0.1, 0.15) is 65.1 Å². The normalized spacial score (nSPS) is 20.6. The molecular formula is C30H35FN4O3. The topological polar surface area (TPSA) is 76.7 Å². The third kappa shape index (κ3) is 5.10. The number of likely N-dealkylation sites (tertiary alicyclic amines) is 1. The third-order valence-electron chi connectivity index (χ3n) is 7.97. The second kappa shape index (κ2) is 10.7. The maximum Gasteiger partial charge on any atom is 0.294 e. The summed E-state index contributed by atoms with van der Waals surface area (Å²) in [5, 5.41) is 0.665. The molecule has 2 amide bonds. The van der Waals surface area contributed by atoms with Crippen molar-refractivity contribution in [2.45, 2.75) is 58.7 Å². The summed E-state index contributed by atoms with van der Waals surface area (Å²) in [5.74, 6) is -1.33. The summed E-state index contributed by atoms with van der Waals surface area (Å²) in [6.45, 7) is 9.17. The summed E-state index contributed by atoms with van der Waals surface area (Å²) in [6.07, 6.45) is 2.92. The fourth-order valence-electron chi connectivity index (χ4n) is 5.78. The molecule has 1 aromatic heterocycles. The van der Waals surface area contributed by atoms with Gasteiger partial charge in [0.1, 0.15) is 5.82 Å². The first kappa shape index (κ1) is 26.1. The maximum atomic E-state index is 13.9. The van der Waals surface area contributed by atoms with Gasteiger partial charge in [0.25, 0.3) is 11.8 Å². The van der Waals surface area contributed by atoms with Gasteiger partial charge in [0, 0.05) is 67.0 Å². The molecule has 2 saturated heterocycles. The van der Waals surface area contributed by atoms with Gasteiger partial charge in [0.15, 0.2) is 0 Å². The number of fused-ring (bicyclic) bond motifs is 1. The van der Waals surface area contributed by atoms with Crippen molar-refractivity contribution in [3.8, 4) is 0 Å². The summed E-state index contributed by atoms with van der Waals surface area (Å²) < 4.78 is 13.3. The van der Waals surface area contributed by atoms with Crippen molar-refractivity contribution in [1.82, 2.24) is 19.7 Å². The Morgan fingerprint density at radius 2 is 1.66 bits per heavy atom. The van der Waals surface area contributed by atoms with Crippen LogP contribution in [0.15, 0.2) is 42.5 Å². The van der Waals surface area contributed by atoms with Gasteiger partial charge in [-0.3, -0.25) is 19.3 Å². The van der Waals surface area contributed by atoms with Crippen LogP contribution in [-0.2, 0) is 11.3 Å². The SMILES string of the molecule is Cc1[nH]c2ccc(C(=O)C(=O)N3CCCCC3)cc2c1C(=O)N1CC(C)N(Cc2ccc(F)cc2)CC1C. The highest BCUT2D eigenvalue weighted by molar-refractivity contribution is 6.43. The first-order valence-corrected chi connectivity index (χ1v) is 13.5. The summed E-state index contributed by atoms with van der Waals surface area (Å²) in [6, 6.07) is 11.8. The second-order valence-electron chi connectivity index (χ2n) is 10.8. The van der Waals surface area contributed by atoms with Crippen molar-refractivity contribution >= 4 is 28.5 Å². The lowest BCUT2D eigenvalue weighted by Crippen LogP contribution is -2.57. The van der Waals surface area contributed by atoms with Crippen LogP contribution in [0.25, 0.3) is 10.9 Å². The molecule has 200 valence electrons. The van der Waals surface area contributed by atoms with E-state index in [0.717, 1.165) is 36.0 Å². The highest BCUT2D eigenvalue weighted by atomic mass is 19.1. The van der Waals surface area contributed by atoms with Crippen LogP contribution in [0, 0.1) is 12.7 Å². The Bertz CT molecular complexity index is 1360. The van der Waals surface area contributed by atoms with Crippen molar-refractivity contribution in [2.24, 2.45) is 0 Å². The van der Waals surface area contributed by atoms with E-state index in [1.165, 1.54) is 12.1 Å². The highest BCUT2D eigenvalue weighted by Gasteiger charge is 2.34. The fourth-order valence-corrected chi connectivity index (χ4v) is 5.78. The number of piperazine rings is 1. The first-order chi connectivity index (χ1) is 18.2. The molecule has 2 atom stereocenters. The molecule has 38 heavy (non-hydrogen) atoms. The largest absolute Gasteiger partial charge is 0.358 e. The Hall–Kier alpha value is -3.52. The molecule has 3 aromatic rings. The van der Waals surface area contributed by atoms with Gasteiger partial charge in [-0.2, -0.15) is 0 Å². The number of nitrogens with zero attached hydrogens (tertiary/aromatic N) is 3. The number of ketones is 1. The number of hydrogen-bond donors (Lipinski definition) is 1. The van der Waals surface area contributed by atoms with Crippen LogP contribution in [0.3, 0.4) is 0 Å². The minimum Gasteiger partial charge on any atom is -0.358 e. The number of carbonyl (C=O) groups excluding carboxylic acids is 3. The predicted octanol–water partition coefficient (Wildman–Crippen LogP) is 4.55. The van der Waals surface area contributed by atoms with Crippen LogP contribution in [0.4, 0.5) is 4.39 Å². The van der Waals surface area contributed by atoms with E-state index in [4.69, 9.17) is 0 Å². The number of rotatable bonds is 5. The molecule has 7 nitrogen and oxygen atoms in total. The zero-order chi connectivity index (χ0) is 27.0. The van der Waals surface area contributed by atoms with Crippen LogP contribution in [0.2, 0.25) is 0 Å². The quantitative estimate of drug-likeness (QED) is 0.397. The van der Waals surface area contributed by atoms with E-state index >= 15 is 0 Å². The van der Waals surface area contributed by atoms with E-state index in [9.17, 15) is 18.8 Å². The number of amides is 2. The van der Waals surface area contributed by atoms with Crippen LogP contribution in [0.5, 0.6) is 0 Å². The minimum absolute atomic E-state index is 0.0333. The Balaban J connectivity index is 1.36. The number of piperidine rings is 1. The van der Waals surface area contributed by atoms with Crippen molar-refractivity contribution in [3.63, 3.8) is 0 Å². The molecular weight excluding hydrogens is 483 g/mol. The van der Waals surface area contributed by atoms with Gasteiger partial charge in [-0.25, -0.2) is 4.39 Å². The highest BCUT2D eigenvalue weighted by Crippen LogP contribution is 2.28. The number of nitrogens with one attached hydrogen (secondary N) is 1. The molecule has 3 heterocycles. The molecule has 0 bridgehead atoms. The van der Waals surface area contributed by atoms with Gasteiger partial charge in [-0.05, 0) is 75.9 Å². The minimum atomic E-state index is -0.526. The lowest BCUT2D eigenvalue weighted by atomic mass is 10.0. The summed E-state index contributed by atoms with van der Waals surface area (Å²) >= 11 is 0. The van der Waals surface area contributed by atoms with Gasteiger partial charge < -0.3 is 14.8 Å². The van der Waals surface area contributed by atoms with Crippen molar-refractivity contribution < 1.29 is 18.8 Å². The Morgan fingerprint density at radius 3 is 2.37 bits per heavy atom. The van der Waals surface area contributed by atoms with E-state index in [0.29, 0.717) is 49.2 Å². The number of aryl methyl sites for hydroxylation is 1. The molecule has 0 saturated carbocycles. The van der Waals surface area contributed by atoms with Gasteiger partial charge >= 0.3 is 0 Å². The molecule has 2 aliphatic heterocycles. The lowest BCUT2D eigenvalue weighted by molar-refractivity contribution is -0.127. The molecule has 0 spiro atoms. The molecule has 0 aliphatic carbocycles. The van der Waals surface area contributed by atoms with E-state index in [-0.39, 0.29) is 23.8 Å². The Kier molecular flexibility index (Phi) is 7.34. The average molecular weight is 519 g/mol. The summed E-state index contributed by atoms with van der Waals surface area (Å²) in [5.41, 5.74) is 3.40. The molecule has 2 unspecified atom stereocenters. The number of aromatic amines is 1. The maximum absolute atomic E-state index is 13.9. The molecule has 1 N–H and O–H groups in total. The van der Waals surface area contributed by atoms with Gasteiger partial charge in [-0.15, -0.1) is 0 Å². The summed E-state index contributed by atoms with van der Waals surface area (Å²) in [4.78, 5) is 48.9. The van der Waals surface area contributed by atoms with Crippen molar-refractivity contribution in [1.29, 1.82) is 0 Å². The zero-order valence-corrected chi connectivity index (χ0v) is 22.3. The molecule has 0 radical (unpaired) electrons. The number of hydrogen-bond acceptors (Lipinski definition) is 4. The van der Waals surface area contributed by atoms with E-state index in [1.54, 1.807) is 35.2 Å². The van der Waals surface area contributed by atoms with Crippen LogP contribution in [-0.4, -0.2) is 75.5 Å².